The zero-order valence-corrected chi connectivity index (χ0v) is 13.9. The van der Waals surface area contributed by atoms with Crippen LogP contribution in [-0.4, -0.2) is 9.97 Å². The fourth-order valence-electron chi connectivity index (χ4n) is 3.05. The van der Waals surface area contributed by atoms with Crippen LogP contribution in [0.25, 0.3) is 10.9 Å². The van der Waals surface area contributed by atoms with E-state index in [4.69, 9.17) is 0 Å². The quantitative estimate of drug-likeness (QED) is 0.692. The van der Waals surface area contributed by atoms with E-state index in [0.29, 0.717) is 12.0 Å². The highest BCUT2D eigenvalue weighted by Crippen LogP contribution is 2.24. The molecule has 3 rings (SSSR count). The number of nitrogens with zero attached hydrogens (tertiary/aromatic N) is 2. The number of hydrogen-bond donors (Lipinski definition) is 0. The van der Waals surface area contributed by atoms with E-state index in [1.54, 1.807) is 13.3 Å². The van der Waals surface area contributed by atoms with E-state index in [0.717, 1.165) is 35.0 Å². The molecule has 0 spiro atoms. The Morgan fingerprint density at radius 3 is 2.39 bits per heavy atom. The first-order chi connectivity index (χ1) is 11.1. The molecule has 0 fully saturated rings. The van der Waals surface area contributed by atoms with Crippen LogP contribution in [0, 0.1) is 12.7 Å². The van der Waals surface area contributed by atoms with Crippen molar-refractivity contribution >= 4 is 10.9 Å². The van der Waals surface area contributed by atoms with Crippen LogP contribution in [0.4, 0.5) is 4.39 Å². The van der Waals surface area contributed by atoms with E-state index >= 15 is 0 Å². The smallest absolute Gasteiger partial charge is 0.126 e. The molecule has 0 N–H and O–H groups in total. The molecule has 0 atom stereocenters. The van der Waals surface area contributed by atoms with Gasteiger partial charge in [-0.3, -0.25) is 0 Å². The molecule has 0 bridgehead atoms. The first-order valence-corrected chi connectivity index (χ1v) is 8.12. The van der Waals surface area contributed by atoms with Gasteiger partial charge in [-0.1, -0.05) is 26.0 Å². The minimum Gasteiger partial charge on any atom is -0.240 e. The average molecular weight is 308 g/mol. The highest BCUT2D eigenvalue weighted by molar-refractivity contribution is 5.82. The third-order valence-corrected chi connectivity index (χ3v) is 4.39. The van der Waals surface area contributed by atoms with Gasteiger partial charge in [0, 0.05) is 11.8 Å². The third-order valence-electron chi connectivity index (χ3n) is 4.39. The minimum absolute atomic E-state index is 0.165. The fraction of sp³-hybridized carbons (Fsp3) is 0.300. The van der Waals surface area contributed by atoms with E-state index in [-0.39, 0.29) is 5.82 Å². The molecule has 0 unspecified atom stereocenters. The van der Waals surface area contributed by atoms with Gasteiger partial charge < -0.3 is 0 Å². The highest BCUT2D eigenvalue weighted by atomic mass is 19.1. The van der Waals surface area contributed by atoms with Crippen molar-refractivity contribution in [3.8, 4) is 0 Å². The first-order valence-electron chi connectivity index (χ1n) is 8.12. The number of benzene rings is 2. The lowest BCUT2D eigenvalue weighted by Gasteiger charge is -2.11. The SMILES string of the molecule is CCc1cc2ncnc(Cc3ccc(F)c(C)c3)c2cc1CC. The van der Waals surface area contributed by atoms with Crippen LogP contribution in [0.2, 0.25) is 0 Å². The van der Waals surface area contributed by atoms with Crippen LogP contribution < -0.4 is 0 Å². The summed E-state index contributed by atoms with van der Waals surface area (Å²) in [5.74, 6) is -0.165. The molecule has 3 aromatic rings. The lowest BCUT2D eigenvalue weighted by molar-refractivity contribution is 0.617. The molecule has 3 heteroatoms. The summed E-state index contributed by atoms with van der Waals surface area (Å²) in [6, 6.07) is 9.65. The number of halogens is 1. The number of fused-ring (bicyclic) bond motifs is 1. The van der Waals surface area contributed by atoms with Crippen molar-refractivity contribution in [2.45, 2.75) is 40.0 Å². The van der Waals surface area contributed by atoms with E-state index in [9.17, 15) is 4.39 Å². The second-order valence-electron chi connectivity index (χ2n) is 5.93. The summed E-state index contributed by atoms with van der Waals surface area (Å²) in [5, 5.41) is 1.10. The number of aromatic nitrogens is 2. The molecular weight excluding hydrogens is 287 g/mol. The van der Waals surface area contributed by atoms with Gasteiger partial charge in [-0.25, -0.2) is 14.4 Å². The second-order valence-corrected chi connectivity index (χ2v) is 5.93. The summed E-state index contributed by atoms with van der Waals surface area (Å²) in [6.07, 6.45) is 4.33. The predicted octanol–water partition coefficient (Wildman–Crippen LogP) is 4.79. The maximum Gasteiger partial charge on any atom is 0.126 e. The van der Waals surface area contributed by atoms with Crippen molar-refractivity contribution < 1.29 is 4.39 Å². The molecule has 2 nitrogen and oxygen atoms in total. The van der Waals surface area contributed by atoms with Crippen molar-refractivity contribution in [3.05, 3.63) is 70.4 Å². The van der Waals surface area contributed by atoms with Gasteiger partial charge in [0.1, 0.15) is 12.1 Å². The molecule has 0 aliphatic rings. The molecule has 2 aromatic carbocycles. The Hall–Kier alpha value is -2.29. The summed E-state index contributed by atoms with van der Waals surface area (Å²) < 4.78 is 13.4. The second kappa shape index (κ2) is 6.45. The monoisotopic (exact) mass is 308 g/mol. The molecule has 0 aliphatic heterocycles. The van der Waals surface area contributed by atoms with Crippen molar-refractivity contribution in [1.29, 1.82) is 0 Å². The standard InChI is InChI=1S/C20H21FN2/c1-4-15-10-17-19(9-14-6-7-18(21)13(3)8-14)22-12-23-20(17)11-16(15)5-2/h6-8,10-12H,4-5,9H2,1-3H3. The van der Waals surface area contributed by atoms with Crippen LogP contribution in [0.3, 0.4) is 0 Å². The van der Waals surface area contributed by atoms with Gasteiger partial charge in [-0.15, -0.1) is 0 Å². The maximum absolute atomic E-state index is 13.4. The predicted molar refractivity (Wildman–Crippen MR) is 92.2 cm³/mol. The summed E-state index contributed by atoms with van der Waals surface area (Å²) >= 11 is 0. The van der Waals surface area contributed by atoms with Crippen LogP contribution in [-0.2, 0) is 19.3 Å². The van der Waals surface area contributed by atoms with Gasteiger partial charge >= 0.3 is 0 Å². The van der Waals surface area contributed by atoms with Gasteiger partial charge in [0.2, 0.25) is 0 Å². The zero-order chi connectivity index (χ0) is 16.4. The molecule has 23 heavy (non-hydrogen) atoms. The first kappa shape index (κ1) is 15.6. The van der Waals surface area contributed by atoms with Crippen LogP contribution in [0.5, 0.6) is 0 Å². The lowest BCUT2D eigenvalue weighted by atomic mass is 9.97. The largest absolute Gasteiger partial charge is 0.240 e. The number of rotatable bonds is 4. The van der Waals surface area contributed by atoms with Crippen molar-refractivity contribution in [2.75, 3.05) is 0 Å². The van der Waals surface area contributed by atoms with Gasteiger partial charge in [0.05, 0.1) is 11.2 Å². The molecule has 1 heterocycles. The Kier molecular flexibility index (Phi) is 4.37. The van der Waals surface area contributed by atoms with E-state index in [1.165, 1.54) is 17.2 Å². The van der Waals surface area contributed by atoms with E-state index in [2.05, 4.69) is 35.9 Å². The Morgan fingerprint density at radius 1 is 0.957 bits per heavy atom. The molecule has 118 valence electrons. The summed E-state index contributed by atoms with van der Waals surface area (Å²) in [7, 11) is 0. The minimum atomic E-state index is -0.165. The van der Waals surface area contributed by atoms with Crippen LogP contribution in [0.1, 0.15) is 41.8 Å². The molecule has 1 aromatic heterocycles. The summed E-state index contributed by atoms with van der Waals surface area (Å²) in [5.41, 5.74) is 6.43. The number of hydrogen-bond acceptors (Lipinski definition) is 2. The van der Waals surface area contributed by atoms with E-state index < -0.39 is 0 Å². The topological polar surface area (TPSA) is 25.8 Å². The fourth-order valence-corrected chi connectivity index (χ4v) is 3.05. The number of aryl methyl sites for hydroxylation is 3. The van der Waals surface area contributed by atoms with Crippen molar-refractivity contribution in [1.82, 2.24) is 9.97 Å². The van der Waals surface area contributed by atoms with Gasteiger partial charge in [0.25, 0.3) is 0 Å². The van der Waals surface area contributed by atoms with Crippen molar-refractivity contribution in [2.24, 2.45) is 0 Å². The summed E-state index contributed by atoms with van der Waals surface area (Å²) in [6.45, 7) is 6.14. The summed E-state index contributed by atoms with van der Waals surface area (Å²) in [4.78, 5) is 8.91. The van der Waals surface area contributed by atoms with Crippen molar-refractivity contribution in [3.63, 3.8) is 0 Å². The molecule has 0 saturated heterocycles. The Bertz CT molecular complexity index is 856. The third kappa shape index (κ3) is 3.09. The maximum atomic E-state index is 13.4. The molecule has 0 radical (unpaired) electrons. The van der Waals surface area contributed by atoms with Gasteiger partial charge in [-0.2, -0.15) is 0 Å². The Labute approximate surface area is 136 Å². The molecular formula is C20H21FN2. The van der Waals surface area contributed by atoms with Gasteiger partial charge in [0.15, 0.2) is 0 Å². The van der Waals surface area contributed by atoms with Crippen LogP contribution in [0.15, 0.2) is 36.7 Å². The highest BCUT2D eigenvalue weighted by Gasteiger charge is 2.09. The van der Waals surface area contributed by atoms with E-state index in [1.807, 2.05) is 12.1 Å². The molecule has 0 saturated carbocycles. The lowest BCUT2D eigenvalue weighted by Crippen LogP contribution is -1.99. The van der Waals surface area contributed by atoms with Crippen LogP contribution >= 0.6 is 0 Å². The Balaban J connectivity index is 2.08. The zero-order valence-electron chi connectivity index (χ0n) is 13.9. The Morgan fingerprint density at radius 2 is 1.70 bits per heavy atom. The van der Waals surface area contributed by atoms with Gasteiger partial charge in [-0.05, 0) is 60.2 Å². The normalized spacial score (nSPS) is 11.1. The molecule has 0 amide bonds. The average Bonchev–Trinajstić information content (AvgIpc) is 2.57. The molecule has 0 aliphatic carbocycles.